The Morgan fingerprint density at radius 1 is 0.903 bits per heavy atom. The van der Waals surface area contributed by atoms with Gasteiger partial charge in [-0.2, -0.15) is 0 Å². The zero-order valence-electron chi connectivity index (χ0n) is 16.7. The Balaban J connectivity index is 1.92. The maximum atomic E-state index is 12.4. The second-order valence-electron chi connectivity index (χ2n) is 6.54. The number of benzene rings is 2. The maximum absolute atomic E-state index is 12.4. The molecule has 0 spiro atoms. The van der Waals surface area contributed by atoms with Crippen molar-refractivity contribution in [3.05, 3.63) is 70.8 Å². The van der Waals surface area contributed by atoms with Crippen molar-refractivity contribution in [2.75, 3.05) is 13.1 Å². The molecule has 0 saturated heterocycles. The summed E-state index contributed by atoms with van der Waals surface area (Å²) in [6, 6.07) is 14.2. The molecule has 0 heterocycles. The molecular formula is C22H21ClN4O4. The number of nitrogens with zero attached hydrogens (tertiary/aromatic N) is 3. The number of amides is 3. The van der Waals surface area contributed by atoms with Crippen LogP contribution in [0.25, 0.3) is 0 Å². The molecule has 0 aliphatic heterocycles. The van der Waals surface area contributed by atoms with Gasteiger partial charge < -0.3 is 5.32 Å². The van der Waals surface area contributed by atoms with Gasteiger partial charge in [0.15, 0.2) is 0 Å². The molecule has 2 aromatic carbocycles. The van der Waals surface area contributed by atoms with Crippen molar-refractivity contribution in [3.63, 3.8) is 0 Å². The average molecular weight is 441 g/mol. The highest BCUT2D eigenvalue weighted by molar-refractivity contribution is 6.64. The molecule has 31 heavy (non-hydrogen) atoms. The standard InChI is InChI=1S/C22H21ClN4O4/c23-21(30)27(11-9-19-6-1-2-7-20(19)14-25-16-29)22(31)26-10-8-17-4-3-5-18(12-17)13-24-15-28/h1-7,12H,8-11,13-14H2,(H,26,31). The van der Waals surface area contributed by atoms with E-state index < -0.39 is 11.4 Å². The van der Waals surface area contributed by atoms with Gasteiger partial charge in [-0.1, -0.05) is 48.5 Å². The summed E-state index contributed by atoms with van der Waals surface area (Å²) in [5.41, 5.74) is 3.48. The molecule has 8 nitrogen and oxygen atoms in total. The molecule has 0 bridgehead atoms. The number of carbonyl (C=O) groups excluding carboxylic acids is 4. The van der Waals surface area contributed by atoms with Crippen molar-refractivity contribution in [1.29, 1.82) is 0 Å². The first-order chi connectivity index (χ1) is 15.0. The fourth-order valence-corrected chi connectivity index (χ4v) is 3.15. The first-order valence-electron chi connectivity index (χ1n) is 9.52. The summed E-state index contributed by atoms with van der Waals surface area (Å²) >= 11 is 5.61. The molecule has 0 unspecified atom stereocenters. The van der Waals surface area contributed by atoms with Crippen LogP contribution in [0.4, 0.5) is 9.59 Å². The molecule has 1 N–H and O–H groups in total. The third-order valence-corrected chi connectivity index (χ3v) is 4.71. The zero-order chi connectivity index (χ0) is 22.5. The smallest absolute Gasteiger partial charge is 0.325 e. The van der Waals surface area contributed by atoms with Gasteiger partial charge in [0.2, 0.25) is 12.2 Å². The van der Waals surface area contributed by atoms with E-state index in [2.05, 4.69) is 15.3 Å². The number of isocyanates is 2. The van der Waals surface area contributed by atoms with E-state index in [4.69, 9.17) is 11.6 Å². The lowest BCUT2D eigenvalue weighted by Crippen LogP contribution is -2.43. The largest absolute Gasteiger partial charge is 0.337 e. The lowest BCUT2D eigenvalue weighted by molar-refractivity contribution is 0.199. The normalized spacial score (nSPS) is 9.84. The van der Waals surface area contributed by atoms with Gasteiger partial charge in [0.05, 0.1) is 13.1 Å². The molecule has 0 atom stereocenters. The van der Waals surface area contributed by atoms with E-state index >= 15 is 0 Å². The number of carbonyl (C=O) groups is 2. The van der Waals surface area contributed by atoms with E-state index in [1.54, 1.807) is 0 Å². The molecule has 160 valence electrons. The summed E-state index contributed by atoms with van der Waals surface area (Å²) < 4.78 is 0. The van der Waals surface area contributed by atoms with E-state index in [0.29, 0.717) is 19.4 Å². The van der Waals surface area contributed by atoms with Crippen LogP contribution in [0.15, 0.2) is 58.5 Å². The highest BCUT2D eigenvalue weighted by atomic mass is 35.5. The molecule has 0 aromatic heterocycles. The van der Waals surface area contributed by atoms with Crippen molar-refractivity contribution in [3.8, 4) is 0 Å². The number of nitrogens with one attached hydrogen (secondary N) is 1. The summed E-state index contributed by atoms with van der Waals surface area (Å²) in [5, 5.41) is 1.81. The molecule has 2 rings (SSSR count). The van der Waals surface area contributed by atoms with E-state index in [1.807, 2.05) is 48.5 Å². The fourth-order valence-electron chi connectivity index (χ4n) is 2.99. The van der Waals surface area contributed by atoms with Gasteiger partial charge in [0, 0.05) is 13.1 Å². The van der Waals surface area contributed by atoms with Crippen molar-refractivity contribution in [2.45, 2.75) is 25.9 Å². The van der Waals surface area contributed by atoms with Crippen LogP contribution in [0.3, 0.4) is 0 Å². The van der Waals surface area contributed by atoms with Crippen LogP contribution in [-0.2, 0) is 35.5 Å². The highest BCUT2D eigenvalue weighted by Crippen LogP contribution is 2.12. The molecule has 0 aliphatic carbocycles. The third-order valence-electron chi connectivity index (χ3n) is 4.50. The number of hydrogen-bond acceptors (Lipinski definition) is 6. The van der Waals surface area contributed by atoms with E-state index in [1.165, 1.54) is 12.2 Å². The lowest BCUT2D eigenvalue weighted by atomic mass is 10.0. The average Bonchev–Trinajstić information content (AvgIpc) is 2.77. The first-order valence-corrected chi connectivity index (χ1v) is 9.89. The Hall–Kier alpha value is -3.57. The summed E-state index contributed by atoms with van der Waals surface area (Å²) in [4.78, 5) is 52.9. The number of hydrogen-bond donors (Lipinski definition) is 1. The molecule has 2 aromatic rings. The predicted octanol–water partition coefficient (Wildman–Crippen LogP) is 3.51. The molecule has 0 saturated carbocycles. The SMILES string of the molecule is O=C=NCc1cccc(CCNC(=O)N(CCc2ccccc2CN=C=O)C(=O)Cl)c1. The van der Waals surface area contributed by atoms with Gasteiger partial charge in [0.1, 0.15) is 0 Å². The lowest BCUT2D eigenvalue weighted by Gasteiger charge is -2.19. The van der Waals surface area contributed by atoms with E-state index in [9.17, 15) is 19.2 Å². The monoisotopic (exact) mass is 440 g/mol. The summed E-state index contributed by atoms with van der Waals surface area (Å²) in [6.45, 7) is 0.801. The van der Waals surface area contributed by atoms with Gasteiger partial charge in [0.25, 0.3) is 0 Å². The van der Waals surface area contributed by atoms with E-state index in [0.717, 1.165) is 27.2 Å². The Kier molecular flexibility index (Phi) is 9.85. The van der Waals surface area contributed by atoms with Gasteiger partial charge in [-0.15, -0.1) is 0 Å². The van der Waals surface area contributed by atoms with E-state index in [-0.39, 0.29) is 19.6 Å². The van der Waals surface area contributed by atoms with Crippen LogP contribution in [-0.4, -0.2) is 41.5 Å². The minimum Gasteiger partial charge on any atom is -0.337 e. The minimum absolute atomic E-state index is 0.0785. The van der Waals surface area contributed by atoms with Crippen LogP contribution >= 0.6 is 11.6 Å². The number of imide groups is 1. The highest BCUT2D eigenvalue weighted by Gasteiger charge is 2.19. The summed E-state index contributed by atoms with van der Waals surface area (Å²) in [6.07, 6.45) is 3.90. The maximum Gasteiger partial charge on any atom is 0.325 e. The Morgan fingerprint density at radius 2 is 1.58 bits per heavy atom. The van der Waals surface area contributed by atoms with Crippen LogP contribution in [0, 0.1) is 0 Å². The second kappa shape index (κ2) is 12.9. The van der Waals surface area contributed by atoms with Crippen LogP contribution in [0.1, 0.15) is 22.3 Å². The van der Waals surface area contributed by atoms with Gasteiger partial charge >= 0.3 is 11.4 Å². The van der Waals surface area contributed by atoms with Crippen LogP contribution in [0.5, 0.6) is 0 Å². The summed E-state index contributed by atoms with van der Waals surface area (Å²) in [7, 11) is 0. The molecule has 0 radical (unpaired) electrons. The fraction of sp³-hybridized carbons (Fsp3) is 0.273. The van der Waals surface area contributed by atoms with Crippen molar-refractivity contribution in [2.24, 2.45) is 9.98 Å². The number of aliphatic imine (C=N–C) groups is 2. The second-order valence-corrected chi connectivity index (χ2v) is 6.86. The number of urea groups is 1. The Morgan fingerprint density at radius 3 is 2.29 bits per heavy atom. The van der Waals surface area contributed by atoms with Crippen LogP contribution < -0.4 is 5.32 Å². The number of rotatable bonds is 10. The zero-order valence-corrected chi connectivity index (χ0v) is 17.5. The van der Waals surface area contributed by atoms with Crippen molar-refractivity contribution < 1.29 is 19.2 Å². The topological polar surface area (TPSA) is 108 Å². The van der Waals surface area contributed by atoms with Crippen molar-refractivity contribution in [1.82, 2.24) is 10.2 Å². The minimum atomic E-state index is -0.880. The quantitative estimate of drug-likeness (QED) is 0.264. The van der Waals surface area contributed by atoms with Gasteiger partial charge in [-0.05, 0) is 46.7 Å². The Labute approximate surface area is 184 Å². The van der Waals surface area contributed by atoms with Crippen LogP contribution in [0.2, 0.25) is 0 Å². The first kappa shape index (κ1) is 23.7. The third kappa shape index (κ3) is 7.99. The molecule has 0 aliphatic rings. The predicted molar refractivity (Wildman–Crippen MR) is 115 cm³/mol. The molecule has 0 fully saturated rings. The van der Waals surface area contributed by atoms with Gasteiger partial charge in [-0.3, -0.25) is 9.69 Å². The van der Waals surface area contributed by atoms with Crippen molar-refractivity contribution >= 4 is 35.2 Å². The molecule has 3 amide bonds. The molecule has 9 heteroatoms. The van der Waals surface area contributed by atoms with Gasteiger partial charge in [-0.25, -0.2) is 24.4 Å². The molecular weight excluding hydrogens is 420 g/mol. The number of halogens is 1. The Bertz CT molecular complexity index is 1010. The summed E-state index contributed by atoms with van der Waals surface area (Å²) in [5.74, 6) is 0.